The van der Waals surface area contributed by atoms with Crippen LogP contribution in [-0.4, -0.2) is 18.1 Å². The zero-order chi connectivity index (χ0) is 15.7. The van der Waals surface area contributed by atoms with Crippen molar-refractivity contribution in [3.05, 3.63) is 65.1 Å². The summed E-state index contributed by atoms with van der Waals surface area (Å²) in [5, 5.41) is 1.13. The number of carbonyl (C=O) groups excluding carboxylic acids is 1. The summed E-state index contributed by atoms with van der Waals surface area (Å²) in [6.07, 6.45) is 1.62. The summed E-state index contributed by atoms with van der Waals surface area (Å²) in [5.74, 6) is -0.824. The van der Waals surface area contributed by atoms with E-state index in [1.165, 1.54) is 25.3 Å². The molecule has 2 aromatic carbocycles. The molecule has 0 saturated carbocycles. The minimum absolute atomic E-state index is 0.381. The fraction of sp³-hybridized carbons (Fsp3) is 0.0588. The van der Waals surface area contributed by atoms with E-state index in [1.54, 1.807) is 30.5 Å². The van der Waals surface area contributed by atoms with Gasteiger partial charge in [-0.2, -0.15) is 0 Å². The van der Waals surface area contributed by atoms with Crippen molar-refractivity contribution in [2.24, 2.45) is 0 Å². The molecule has 0 saturated heterocycles. The molecule has 0 amide bonds. The first kappa shape index (κ1) is 14.5. The number of hydrogen-bond donors (Lipinski definition) is 0. The molecule has 3 rings (SSSR count). The van der Waals surface area contributed by atoms with Gasteiger partial charge in [0.05, 0.1) is 18.2 Å². The Hall–Kier alpha value is -2.46. The molecule has 110 valence electrons. The second-order valence-electron chi connectivity index (χ2n) is 4.71. The van der Waals surface area contributed by atoms with Crippen LogP contribution < -0.4 is 0 Å². The second kappa shape index (κ2) is 5.73. The van der Waals surface area contributed by atoms with Crippen molar-refractivity contribution in [1.29, 1.82) is 0 Å². The van der Waals surface area contributed by atoms with Crippen LogP contribution in [0.5, 0.6) is 0 Å². The maximum Gasteiger partial charge on any atom is 0.337 e. The molecule has 0 spiro atoms. The molecule has 0 bridgehead atoms. The quantitative estimate of drug-likeness (QED) is 0.654. The van der Waals surface area contributed by atoms with Crippen LogP contribution in [0.1, 0.15) is 10.4 Å². The Kier molecular flexibility index (Phi) is 3.77. The van der Waals surface area contributed by atoms with Crippen molar-refractivity contribution in [3.8, 4) is 11.1 Å². The molecule has 0 fully saturated rings. The average molecular weight is 316 g/mol. The monoisotopic (exact) mass is 315 g/mol. The molecule has 0 aliphatic carbocycles. The van der Waals surface area contributed by atoms with Crippen LogP contribution in [-0.2, 0) is 4.74 Å². The van der Waals surface area contributed by atoms with Gasteiger partial charge in [0.1, 0.15) is 5.82 Å². The number of hydrogen-bond acceptors (Lipinski definition) is 3. The van der Waals surface area contributed by atoms with E-state index in [1.807, 2.05) is 0 Å². The van der Waals surface area contributed by atoms with Crippen LogP contribution in [0.3, 0.4) is 0 Å². The fourth-order valence-electron chi connectivity index (χ4n) is 2.33. The number of carbonyl (C=O) groups is 1. The van der Waals surface area contributed by atoms with E-state index >= 15 is 0 Å². The second-order valence-corrected chi connectivity index (χ2v) is 5.11. The minimum atomic E-state index is -0.443. The number of aromatic nitrogens is 1. The molecule has 0 atom stereocenters. The zero-order valence-electron chi connectivity index (χ0n) is 11.6. The van der Waals surface area contributed by atoms with Crippen LogP contribution in [0.2, 0.25) is 5.02 Å². The van der Waals surface area contributed by atoms with Gasteiger partial charge in [-0.1, -0.05) is 11.6 Å². The topological polar surface area (TPSA) is 39.2 Å². The van der Waals surface area contributed by atoms with E-state index in [4.69, 9.17) is 16.3 Å². The minimum Gasteiger partial charge on any atom is -0.465 e. The Morgan fingerprint density at radius 3 is 2.73 bits per heavy atom. The van der Waals surface area contributed by atoms with E-state index in [0.717, 1.165) is 0 Å². The molecular formula is C17H11ClFNO2. The maximum atomic E-state index is 13.5. The number of methoxy groups -OCH3 is 1. The molecule has 1 heterocycles. The molecule has 0 aliphatic rings. The average Bonchev–Trinajstić information content (AvgIpc) is 2.55. The van der Waals surface area contributed by atoms with Crippen LogP contribution in [0.15, 0.2) is 48.7 Å². The van der Waals surface area contributed by atoms with E-state index in [0.29, 0.717) is 32.6 Å². The van der Waals surface area contributed by atoms with Gasteiger partial charge in [-0.3, -0.25) is 4.98 Å². The molecule has 5 heteroatoms. The first-order valence-electron chi connectivity index (χ1n) is 6.52. The van der Waals surface area contributed by atoms with Gasteiger partial charge in [0.2, 0.25) is 0 Å². The lowest BCUT2D eigenvalue weighted by atomic mass is 9.99. The van der Waals surface area contributed by atoms with E-state index in [9.17, 15) is 9.18 Å². The highest BCUT2D eigenvalue weighted by molar-refractivity contribution is 6.33. The summed E-state index contributed by atoms with van der Waals surface area (Å²) in [5.41, 5.74) is 2.35. The van der Waals surface area contributed by atoms with Crippen molar-refractivity contribution in [2.75, 3.05) is 7.11 Å². The summed E-state index contributed by atoms with van der Waals surface area (Å²) in [4.78, 5) is 16.0. The molecule has 0 aliphatic heterocycles. The molecule has 0 unspecified atom stereocenters. The Balaban J connectivity index is 2.29. The van der Waals surface area contributed by atoms with Crippen LogP contribution in [0.4, 0.5) is 4.39 Å². The number of benzene rings is 2. The third-order valence-corrected chi connectivity index (χ3v) is 3.71. The Morgan fingerprint density at radius 1 is 1.14 bits per heavy atom. The summed E-state index contributed by atoms with van der Waals surface area (Å²) in [6.45, 7) is 0. The highest BCUT2D eigenvalue weighted by Gasteiger charge is 2.12. The Labute approximate surface area is 131 Å². The highest BCUT2D eigenvalue weighted by atomic mass is 35.5. The predicted molar refractivity (Wildman–Crippen MR) is 83.5 cm³/mol. The molecule has 22 heavy (non-hydrogen) atoms. The lowest BCUT2D eigenvalue weighted by Crippen LogP contribution is -2.01. The van der Waals surface area contributed by atoms with Gasteiger partial charge >= 0.3 is 5.97 Å². The fourth-order valence-corrected chi connectivity index (χ4v) is 2.55. The van der Waals surface area contributed by atoms with Gasteiger partial charge in [0.15, 0.2) is 0 Å². The lowest BCUT2D eigenvalue weighted by molar-refractivity contribution is 0.0601. The van der Waals surface area contributed by atoms with Gasteiger partial charge < -0.3 is 4.74 Å². The Morgan fingerprint density at radius 2 is 1.95 bits per heavy atom. The normalized spacial score (nSPS) is 10.7. The summed E-state index contributed by atoms with van der Waals surface area (Å²) in [6, 6.07) is 10.9. The third-order valence-electron chi connectivity index (χ3n) is 3.38. The molecule has 1 aromatic heterocycles. The number of ether oxygens (including phenoxy) is 1. The van der Waals surface area contributed by atoms with Crippen molar-refractivity contribution in [3.63, 3.8) is 0 Å². The van der Waals surface area contributed by atoms with Crippen molar-refractivity contribution >= 4 is 28.5 Å². The van der Waals surface area contributed by atoms with E-state index in [-0.39, 0.29) is 5.82 Å². The largest absolute Gasteiger partial charge is 0.465 e. The molecule has 0 N–H and O–H groups in total. The van der Waals surface area contributed by atoms with Crippen LogP contribution in [0, 0.1) is 5.82 Å². The summed E-state index contributed by atoms with van der Waals surface area (Å²) < 4.78 is 18.3. The number of fused-ring (bicyclic) bond motifs is 1. The van der Waals surface area contributed by atoms with Crippen molar-refractivity contribution in [1.82, 2.24) is 4.98 Å². The first-order valence-corrected chi connectivity index (χ1v) is 6.90. The number of nitrogens with zero attached hydrogens (tertiary/aromatic N) is 1. The smallest absolute Gasteiger partial charge is 0.337 e. The van der Waals surface area contributed by atoms with Gasteiger partial charge in [0.25, 0.3) is 0 Å². The SMILES string of the molecule is COC(=O)c1ccc2nccc(-c3cc(F)ccc3Cl)c2c1. The number of halogens is 2. The molecule has 3 aromatic rings. The third kappa shape index (κ3) is 2.53. The number of pyridine rings is 1. The summed E-state index contributed by atoms with van der Waals surface area (Å²) in [7, 11) is 1.32. The van der Waals surface area contributed by atoms with Crippen molar-refractivity contribution in [2.45, 2.75) is 0 Å². The number of rotatable bonds is 2. The van der Waals surface area contributed by atoms with Gasteiger partial charge in [-0.05, 0) is 48.0 Å². The van der Waals surface area contributed by atoms with E-state index in [2.05, 4.69) is 4.98 Å². The zero-order valence-corrected chi connectivity index (χ0v) is 12.4. The lowest BCUT2D eigenvalue weighted by Gasteiger charge is -2.09. The standard InChI is InChI=1S/C17H11ClFNO2/c1-22-17(21)10-2-5-16-14(8-10)12(6-7-20-16)13-9-11(19)3-4-15(13)18/h2-9H,1H3. The van der Waals surface area contributed by atoms with Crippen molar-refractivity contribution < 1.29 is 13.9 Å². The predicted octanol–water partition coefficient (Wildman–Crippen LogP) is 4.48. The summed E-state index contributed by atoms with van der Waals surface area (Å²) >= 11 is 6.18. The van der Waals surface area contributed by atoms with Crippen LogP contribution >= 0.6 is 11.6 Å². The molecule has 0 radical (unpaired) electrons. The highest BCUT2D eigenvalue weighted by Crippen LogP contribution is 2.33. The van der Waals surface area contributed by atoms with Gasteiger partial charge in [0, 0.05) is 22.2 Å². The molecular weight excluding hydrogens is 305 g/mol. The number of esters is 1. The van der Waals surface area contributed by atoms with E-state index < -0.39 is 5.97 Å². The van der Waals surface area contributed by atoms with Gasteiger partial charge in [-0.15, -0.1) is 0 Å². The van der Waals surface area contributed by atoms with Gasteiger partial charge in [-0.25, -0.2) is 9.18 Å². The molecule has 3 nitrogen and oxygen atoms in total. The first-order chi connectivity index (χ1) is 10.6. The Bertz CT molecular complexity index is 880. The van der Waals surface area contributed by atoms with Crippen LogP contribution in [0.25, 0.3) is 22.0 Å². The maximum absolute atomic E-state index is 13.5.